The minimum Gasteiger partial charge on any atom is -0.295 e. The first kappa shape index (κ1) is 13.4. The van der Waals surface area contributed by atoms with E-state index in [0.29, 0.717) is 6.42 Å². The number of allylic oxidation sites excluding steroid dienone is 6. The Morgan fingerprint density at radius 1 is 1.50 bits per heavy atom. The molecule has 0 spiro atoms. The molecule has 0 amide bonds. The second kappa shape index (κ2) is 5.13. The molecule has 0 radical (unpaired) electrons. The van der Waals surface area contributed by atoms with E-state index in [1.165, 1.54) is 11.1 Å². The fourth-order valence-corrected chi connectivity index (χ4v) is 2.55. The highest BCUT2D eigenvalue weighted by Gasteiger charge is 2.34. The van der Waals surface area contributed by atoms with Gasteiger partial charge in [-0.3, -0.25) is 4.79 Å². The van der Waals surface area contributed by atoms with Crippen molar-refractivity contribution in [2.75, 3.05) is 5.33 Å². The number of carbonyl (C=O) groups excluding carboxylic acids is 1. The first-order valence-electron chi connectivity index (χ1n) is 5.54. The standard InChI is InChI=1S/C14H19BrO/c1-10(7-8-15)5-6-12-11(2)13(16)9-14(12,3)4/h5-7H,8-9H2,1-4H3/b6-5+,10-7+. The zero-order valence-electron chi connectivity index (χ0n) is 10.4. The Morgan fingerprint density at radius 3 is 2.56 bits per heavy atom. The van der Waals surface area contributed by atoms with Crippen LogP contribution in [0.1, 0.15) is 34.1 Å². The van der Waals surface area contributed by atoms with Gasteiger partial charge in [-0.2, -0.15) is 0 Å². The summed E-state index contributed by atoms with van der Waals surface area (Å²) in [6.45, 7) is 8.26. The lowest BCUT2D eigenvalue weighted by molar-refractivity contribution is -0.115. The van der Waals surface area contributed by atoms with E-state index in [1.54, 1.807) is 0 Å². The van der Waals surface area contributed by atoms with Crippen molar-refractivity contribution in [1.29, 1.82) is 0 Å². The molecule has 1 aliphatic rings. The van der Waals surface area contributed by atoms with Crippen LogP contribution in [0.15, 0.2) is 34.9 Å². The van der Waals surface area contributed by atoms with Crippen LogP contribution in [0.25, 0.3) is 0 Å². The number of Topliss-reactive ketones (excluding diaryl/α,β-unsaturated/α-hetero) is 1. The van der Waals surface area contributed by atoms with Crippen LogP contribution < -0.4 is 0 Å². The van der Waals surface area contributed by atoms with E-state index >= 15 is 0 Å². The zero-order chi connectivity index (χ0) is 12.3. The predicted molar refractivity (Wildman–Crippen MR) is 72.8 cm³/mol. The number of hydrogen-bond donors (Lipinski definition) is 0. The molecule has 0 aliphatic heterocycles. The third-order valence-electron chi connectivity index (χ3n) is 3.07. The molecule has 1 aliphatic carbocycles. The van der Waals surface area contributed by atoms with Gasteiger partial charge in [-0.05, 0) is 30.4 Å². The molecule has 0 atom stereocenters. The van der Waals surface area contributed by atoms with Gasteiger partial charge in [0.05, 0.1) is 0 Å². The van der Waals surface area contributed by atoms with Crippen molar-refractivity contribution in [3.05, 3.63) is 34.9 Å². The van der Waals surface area contributed by atoms with Gasteiger partial charge in [0.2, 0.25) is 0 Å². The van der Waals surface area contributed by atoms with Gasteiger partial charge in [0, 0.05) is 11.8 Å². The summed E-state index contributed by atoms with van der Waals surface area (Å²) in [4.78, 5) is 11.7. The van der Waals surface area contributed by atoms with Gasteiger partial charge in [-0.15, -0.1) is 0 Å². The van der Waals surface area contributed by atoms with E-state index in [0.717, 1.165) is 10.9 Å². The second-order valence-electron chi connectivity index (χ2n) is 4.96. The molecule has 16 heavy (non-hydrogen) atoms. The summed E-state index contributed by atoms with van der Waals surface area (Å²) in [5.74, 6) is 0.284. The first-order valence-corrected chi connectivity index (χ1v) is 6.66. The third-order valence-corrected chi connectivity index (χ3v) is 3.39. The number of hydrogen-bond acceptors (Lipinski definition) is 1. The van der Waals surface area contributed by atoms with E-state index < -0.39 is 0 Å². The Bertz CT molecular complexity index is 384. The van der Waals surface area contributed by atoms with Gasteiger partial charge in [0.15, 0.2) is 5.78 Å². The molecular weight excluding hydrogens is 264 g/mol. The normalized spacial score (nSPS) is 21.3. The van der Waals surface area contributed by atoms with Crippen LogP contribution in [0.5, 0.6) is 0 Å². The minimum absolute atomic E-state index is 0.00759. The van der Waals surface area contributed by atoms with Crippen LogP contribution >= 0.6 is 15.9 Å². The fourth-order valence-electron chi connectivity index (χ4n) is 2.04. The van der Waals surface area contributed by atoms with Crippen LogP contribution in [-0.2, 0) is 4.79 Å². The van der Waals surface area contributed by atoms with E-state index in [-0.39, 0.29) is 11.2 Å². The molecule has 0 saturated carbocycles. The molecule has 0 heterocycles. The summed E-state index contributed by atoms with van der Waals surface area (Å²) < 4.78 is 0. The van der Waals surface area contributed by atoms with Crippen LogP contribution in [0.3, 0.4) is 0 Å². The third kappa shape index (κ3) is 2.94. The smallest absolute Gasteiger partial charge is 0.159 e. The van der Waals surface area contributed by atoms with Crippen molar-refractivity contribution in [3.8, 4) is 0 Å². The molecule has 0 aromatic heterocycles. The molecule has 0 N–H and O–H groups in total. The monoisotopic (exact) mass is 282 g/mol. The molecule has 88 valence electrons. The van der Waals surface area contributed by atoms with Crippen LogP contribution in [0.4, 0.5) is 0 Å². The van der Waals surface area contributed by atoms with Crippen molar-refractivity contribution in [3.63, 3.8) is 0 Å². The fraction of sp³-hybridized carbons (Fsp3) is 0.500. The van der Waals surface area contributed by atoms with Crippen LogP contribution in [0.2, 0.25) is 0 Å². The molecule has 0 aromatic rings. The average molecular weight is 283 g/mol. The van der Waals surface area contributed by atoms with E-state index in [9.17, 15) is 4.79 Å². The average Bonchev–Trinajstić information content (AvgIpc) is 2.34. The van der Waals surface area contributed by atoms with Gasteiger partial charge < -0.3 is 0 Å². The number of ketones is 1. The van der Waals surface area contributed by atoms with Crippen LogP contribution in [-0.4, -0.2) is 11.1 Å². The maximum atomic E-state index is 11.7. The minimum atomic E-state index is -0.00759. The topological polar surface area (TPSA) is 17.1 Å². The quantitative estimate of drug-likeness (QED) is 0.560. The van der Waals surface area contributed by atoms with Gasteiger partial charge in [-0.1, -0.05) is 53.6 Å². The molecular formula is C14H19BrO. The number of alkyl halides is 1. The molecule has 0 unspecified atom stereocenters. The highest BCUT2D eigenvalue weighted by atomic mass is 79.9. The number of carbonyl (C=O) groups is 1. The van der Waals surface area contributed by atoms with Gasteiger partial charge in [-0.25, -0.2) is 0 Å². The van der Waals surface area contributed by atoms with Crippen molar-refractivity contribution in [2.45, 2.75) is 34.1 Å². The Balaban J connectivity index is 2.96. The molecule has 0 bridgehead atoms. The predicted octanol–water partition coefficient (Wildman–Crippen LogP) is 4.20. The molecule has 0 fully saturated rings. The Hall–Kier alpha value is -0.630. The first-order chi connectivity index (χ1) is 7.38. The van der Waals surface area contributed by atoms with Crippen molar-refractivity contribution >= 4 is 21.7 Å². The summed E-state index contributed by atoms with van der Waals surface area (Å²) in [6.07, 6.45) is 6.92. The van der Waals surface area contributed by atoms with E-state index in [2.05, 4.69) is 54.9 Å². The summed E-state index contributed by atoms with van der Waals surface area (Å²) in [6, 6.07) is 0. The Labute approximate surface area is 106 Å². The maximum Gasteiger partial charge on any atom is 0.159 e. The van der Waals surface area contributed by atoms with Crippen molar-refractivity contribution in [2.24, 2.45) is 5.41 Å². The van der Waals surface area contributed by atoms with Gasteiger partial charge in [0.25, 0.3) is 0 Å². The molecule has 1 rings (SSSR count). The van der Waals surface area contributed by atoms with E-state index in [1.807, 2.05) is 6.92 Å². The Morgan fingerprint density at radius 2 is 2.12 bits per heavy atom. The SMILES string of the molecule is CC1=C(/C=C/C(C)=C/CBr)C(C)(C)CC1=O. The van der Waals surface area contributed by atoms with Gasteiger partial charge >= 0.3 is 0 Å². The lowest BCUT2D eigenvalue weighted by atomic mass is 9.85. The molecule has 0 saturated heterocycles. The number of halogens is 1. The highest BCUT2D eigenvalue weighted by molar-refractivity contribution is 9.09. The molecule has 2 heteroatoms. The summed E-state index contributed by atoms with van der Waals surface area (Å²) >= 11 is 3.37. The van der Waals surface area contributed by atoms with Crippen molar-refractivity contribution < 1.29 is 4.79 Å². The zero-order valence-corrected chi connectivity index (χ0v) is 12.0. The maximum absolute atomic E-state index is 11.7. The van der Waals surface area contributed by atoms with Crippen molar-refractivity contribution in [1.82, 2.24) is 0 Å². The molecule has 0 aromatic carbocycles. The van der Waals surface area contributed by atoms with Gasteiger partial charge in [0.1, 0.15) is 0 Å². The molecule has 1 nitrogen and oxygen atoms in total. The lowest BCUT2D eigenvalue weighted by Gasteiger charge is -2.19. The number of rotatable bonds is 3. The highest BCUT2D eigenvalue weighted by Crippen LogP contribution is 2.40. The lowest BCUT2D eigenvalue weighted by Crippen LogP contribution is -2.09. The van der Waals surface area contributed by atoms with Crippen LogP contribution in [0, 0.1) is 5.41 Å². The summed E-state index contributed by atoms with van der Waals surface area (Å²) in [5.41, 5.74) is 3.31. The summed E-state index contributed by atoms with van der Waals surface area (Å²) in [7, 11) is 0. The largest absolute Gasteiger partial charge is 0.295 e. The second-order valence-corrected chi connectivity index (χ2v) is 5.61. The summed E-state index contributed by atoms with van der Waals surface area (Å²) in [5, 5.41) is 0.865. The Kier molecular flexibility index (Phi) is 4.31. The van der Waals surface area contributed by atoms with E-state index in [4.69, 9.17) is 0 Å².